The molecule has 1 aliphatic rings. The lowest BCUT2D eigenvalue weighted by atomic mass is 9.98. The van der Waals surface area contributed by atoms with E-state index < -0.39 is 18.4 Å². The molecule has 114 valence electrons. The quantitative estimate of drug-likeness (QED) is 0.559. The van der Waals surface area contributed by atoms with Crippen LogP contribution in [0.3, 0.4) is 0 Å². The van der Waals surface area contributed by atoms with Crippen LogP contribution in [0.2, 0.25) is 0 Å². The van der Waals surface area contributed by atoms with Gasteiger partial charge < -0.3 is 16.4 Å². The summed E-state index contributed by atoms with van der Waals surface area (Å²) in [7, 11) is 0. The van der Waals surface area contributed by atoms with Crippen LogP contribution in [0.25, 0.3) is 0 Å². The minimum atomic E-state index is -2.83. The highest BCUT2D eigenvalue weighted by Crippen LogP contribution is 2.32. The summed E-state index contributed by atoms with van der Waals surface area (Å²) >= 11 is 3.32. The summed E-state index contributed by atoms with van der Waals surface area (Å²) in [5, 5.41) is 7.50. The van der Waals surface area contributed by atoms with Gasteiger partial charge in [0, 0.05) is 23.9 Å². The van der Waals surface area contributed by atoms with Crippen molar-refractivity contribution in [2.45, 2.75) is 24.8 Å². The van der Waals surface area contributed by atoms with Crippen LogP contribution in [0.5, 0.6) is 0 Å². The molecule has 0 radical (unpaired) electrons. The first-order chi connectivity index (χ1) is 9.80. The van der Waals surface area contributed by atoms with Gasteiger partial charge in [-0.05, 0) is 28.1 Å². The molecule has 0 aliphatic carbocycles. The Bertz CT molecular complexity index is 575. The Morgan fingerprint density at radius 3 is 2.67 bits per heavy atom. The van der Waals surface area contributed by atoms with Crippen molar-refractivity contribution in [1.29, 1.82) is 5.41 Å². The summed E-state index contributed by atoms with van der Waals surface area (Å²) in [4.78, 5) is 5.56. The fourth-order valence-corrected chi connectivity index (χ4v) is 2.62. The molecule has 8 heteroatoms. The zero-order chi connectivity index (χ0) is 15.6. The first-order valence-electron chi connectivity index (χ1n) is 6.37. The van der Waals surface area contributed by atoms with Crippen LogP contribution < -0.4 is 11.5 Å². The fourth-order valence-electron chi connectivity index (χ4n) is 2.24. The number of benzene rings is 1. The highest BCUT2D eigenvalue weighted by molar-refractivity contribution is 9.10. The predicted octanol–water partition coefficient (Wildman–Crippen LogP) is 2.43. The Labute approximate surface area is 129 Å². The highest BCUT2D eigenvalue weighted by Gasteiger charge is 2.42. The second-order valence-electron chi connectivity index (χ2n) is 4.89. The van der Waals surface area contributed by atoms with Gasteiger partial charge in [-0.15, -0.1) is 0 Å². The van der Waals surface area contributed by atoms with E-state index >= 15 is 0 Å². The molecule has 5 nitrogen and oxygen atoms in total. The molecule has 0 aromatic heterocycles. The fraction of sp³-hybridized carbons (Fsp3) is 0.385. The number of guanidine groups is 1. The van der Waals surface area contributed by atoms with E-state index in [1.807, 2.05) is 6.07 Å². The maximum atomic E-state index is 13.6. The third-order valence-electron chi connectivity index (χ3n) is 3.34. The van der Waals surface area contributed by atoms with Crippen LogP contribution in [0.4, 0.5) is 14.5 Å². The number of piperidine rings is 1. The summed E-state index contributed by atoms with van der Waals surface area (Å²) in [5.74, 6) is -3.08. The number of rotatable bonds is 2. The molecule has 0 amide bonds. The molecule has 1 aromatic rings. The minimum Gasteiger partial charge on any atom is -0.385 e. The van der Waals surface area contributed by atoms with Gasteiger partial charge in [0.1, 0.15) is 5.84 Å². The van der Waals surface area contributed by atoms with Gasteiger partial charge in [-0.25, -0.2) is 13.8 Å². The average Bonchev–Trinajstić information content (AvgIpc) is 2.40. The van der Waals surface area contributed by atoms with Crippen molar-refractivity contribution in [1.82, 2.24) is 4.90 Å². The van der Waals surface area contributed by atoms with Crippen molar-refractivity contribution in [3.63, 3.8) is 0 Å². The third kappa shape index (κ3) is 3.69. The molecule has 1 fully saturated rings. The van der Waals surface area contributed by atoms with E-state index in [9.17, 15) is 8.78 Å². The lowest BCUT2D eigenvalue weighted by Gasteiger charge is -2.39. The van der Waals surface area contributed by atoms with Crippen LogP contribution in [0.1, 0.15) is 12.8 Å². The number of alkyl halides is 2. The number of amidine groups is 1. The number of nitrogens with one attached hydrogen (secondary N) is 1. The third-order valence-corrected chi connectivity index (χ3v) is 4.01. The van der Waals surface area contributed by atoms with Crippen LogP contribution in [-0.4, -0.2) is 35.2 Å². The lowest BCUT2D eigenvalue weighted by Crippen LogP contribution is -2.56. The lowest BCUT2D eigenvalue weighted by molar-refractivity contribution is -0.0526. The van der Waals surface area contributed by atoms with Crippen molar-refractivity contribution in [2.24, 2.45) is 16.5 Å². The zero-order valence-electron chi connectivity index (χ0n) is 11.2. The van der Waals surface area contributed by atoms with E-state index in [1.165, 1.54) is 4.90 Å². The molecular formula is C13H16BrF2N5. The summed E-state index contributed by atoms with van der Waals surface area (Å²) in [6.07, 6.45) is -0.836. The molecule has 2 rings (SSSR count). The van der Waals surface area contributed by atoms with Gasteiger partial charge >= 0.3 is 0 Å². The molecule has 0 bridgehead atoms. The average molecular weight is 360 g/mol. The number of likely N-dealkylation sites (tertiary alicyclic amines) is 1. The monoisotopic (exact) mass is 359 g/mol. The van der Waals surface area contributed by atoms with Gasteiger partial charge in [0.15, 0.2) is 5.96 Å². The smallest absolute Gasteiger partial charge is 0.252 e. The first kappa shape index (κ1) is 15.7. The topological polar surface area (TPSA) is 91.5 Å². The van der Waals surface area contributed by atoms with Gasteiger partial charge in [0.25, 0.3) is 5.92 Å². The molecule has 1 unspecified atom stereocenters. The van der Waals surface area contributed by atoms with Crippen molar-refractivity contribution in [3.8, 4) is 0 Å². The van der Waals surface area contributed by atoms with Crippen LogP contribution in [-0.2, 0) is 0 Å². The van der Waals surface area contributed by atoms with Crippen molar-refractivity contribution >= 4 is 33.4 Å². The number of hydrogen-bond acceptors (Lipinski definition) is 2. The minimum absolute atomic E-state index is 0.0147. The molecule has 1 aliphatic heterocycles. The Hall–Kier alpha value is -1.70. The number of nitrogens with zero attached hydrogens (tertiary/aromatic N) is 2. The normalized spacial score (nSPS) is 22.1. The van der Waals surface area contributed by atoms with Gasteiger partial charge in [-0.3, -0.25) is 5.41 Å². The van der Waals surface area contributed by atoms with Crippen molar-refractivity contribution in [2.75, 3.05) is 6.54 Å². The molecule has 1 heterocycles. The van der Waals surface area contributed by atoms with E-state index in [4.69, 9.17) is 16.9 Å². The van der Waals surface area contributed by atoms with E-state index in [1.54, 1.807) is 18.2 Å². The van der Waals surface area contributed by atoms with Crippen LogP contribution in [0, 0.1) is 5.41 Å². The second kappa shape index (κ2) is 5.97. The number of halogens is 3. The SMILES string of the molecule is N=C(N)N1CCC(F)(F)CC1C(N)=Nc1ccccc1Br. The van der Waals surface area contributed by atoms with Crippen LogP contribution >= 0.6 is 15.9 Å². The zero-order valence-corrected chi connectivity index (χ0v) is 12.8. The molecule has 1 atom stereocenters. The standard InChI is InChI=1S/C13H16BrF2N5/c14-8-3-1-2-4-9(8)20-11(17)10-7-13(15,16)5-6-21(10)12(18)19/h1-4,10H,5-7H2,(H2,17,20)(H3,18,19). The molecule has 0 saturated carbocycles. The Balaban J connectivity index is 2.31. The molecule has 21 heavy (non-hydrogen) atoms. The van der Waals surface area contributed by atoms with E-state index in [0.29, 0.717) is 10.2 Å². The molecule has 5 N–H and O–H groups in total. The second-order valence-corrected chi connectivity index (χ2v) is 5.75. The Morgan fingerprint density at radius 1 is 1.38 bits per heavy atom. The number of para-hydroxylation sites is 1. The number of hydrogen-bond donors (Lipinski definition) is 3. The molecule has 0 spiro atoms. The molecule has 1 aromatic carbocycles. The Kier molecular flexibility index (Phi) is 4.46. The summed E-state index contributed by atoms with van der Waals surface area (Å²) in [6, 6.07) is 6.21. The summed E-state index contributed by atoms with van der Waals surface area (Å²) in [6.45, 7) is -0.0147. The summed E-state index contributed by atoms with van der Waals surface area (Å²) < 4.78 is 27.9. The maximum absolute atomic E-state index is 13.6. The highest BCUT2D eigenvalue weighted by atomic mass is 79.9. The van der Waals surface area contributed by atoms with Gasteiger partial charge in [-0.1, -0.05) is 12.1 Å². The van der Waals surface area contributed by atoms with E-state index in [2.05, 4.69) is 20.9 Å². The van der Waals surface area contributed by atoms with Crippen molar-refractivity contribution < 1.29 is 8.78 Å². The number of nitrogens with two attached hydrogens (primary N) is 2. The number of aliphatic imine (C=N–C) groups is 1. The van der Waals surface area contributed by atoms with E-state index in [0.717, 1.165) is 0 Å². The van der Waals surface area contributed by atoms with Gasteiger partial charge in [-0.2, -0.15) is 0 Å². The largest absolute Gasteiger partial charge is 0.385 e. The predicted molar refractivity (Wildman–Crippen MR) is 82.0 cm³/mol. The van der Waals surface area contributed by atoms with Gasteiger partial charge in [0.05, 0.1) is 11.7 Å². The van der Waals surface area contributed by atoms with E-state index in [-0.39, 0.29) is 24.8 Å². The summed E-state index contributed by atoms with van der Waals surface area (Å²) in [5.41, 5.74) is 11.9. The molecular weight excluding hydrogens is 344 g/mol. The van der Waals surface area contributed by atoms with Crippen LogP contribution in [0.15, 0.2) is 33.7 Å². The first-order valence-corrected chi connectivity index (χ1v) is 7.16. The maximum Gasteiger partial charge on any atom is 0.252 e. The van der Waals surface area contributed by atoms with Gasteiger partial charge in [0.2, 0.25) is 0 Å². The molecule has 1 saturated heterocycles. The van der Waals surface area contributed by atoms with Crippen molar-refractivity contribution in [3.05, 3.63) is 28.7 Å². The Morgan fingerprint density at radius 2 is 2.05 bits per heavy atom.